The minimum absolute atomic E-state index is 0.0654. The zero-order chi connectivity index (χ0) is 29.9. The van der Waals surface area contributed by atoms with Gasteiger partial charge in [0.1, 0.15) is 24.0 Å². The second-order valence-corrected chi connectivity index (χ2v) is 11.6. The van der Waals surface area contributed by atoms with E-state index < -0.39 is 56.6 Å². The number of nitrogens with zero attached hydrogens (tertiary/aromatic N) is 4. The number of ether oxygens (including phenoxy) is 2. The maximum absolute atomic E-state index is 16.0. The number of hydrogen-bond donors (Lipinski definition) is 4. The number of alkyl halides is 1. The minimum atomic E-state index is -4.28. The Balaban J connectivity index is 1.56. The van der Waals surface area contributed by atoms with Gasteiger partial charge in [0.25, 0.3) is 0 Å². The number of imidazole rings is 1. The van der Waals surface area contributed by atoms with Crippen LogP contribution in [0.5, 0.6) is 5.75 Å². The van der Waals surface area contributed by atoms with Crippen molar-refractivity contribution in [3.63, 3.8) is 0 Å². The first-order valence-electron chi connectivity index (χ1n) is 13.1. The van der Waals surface area contributed by atoms with Crippen molar-refractivity contribution >= 4 is 36.6 Å². The van der Waals surface area contributed by atoms with E-state index in [1.807, 2.05) is 6.92 Å². The van der Waals surface area contributed by atoms with Crippen molar-refractivity contribution in [3.8, 4) is 5.75 Å². The van der Waals surface area contributed by atoms with Gasteiger partial charge in [0.15, 0.2) is 28.9 Å². The lowest BCUT2D eigenvalue weighted by atomic mass is 9.98. The fourth-order valence-electron chi connectivity index (χ4n) is 4.25. The van der Waals surface area contributed by atoms with E-state index >= 15 is 4.39 Å². The quantitative estimate of drug-likeness (QED) is 0.177. The molecule has 6 atom stereocenters. The highest BCUT2D eigenvalue weighted by Gasteiger charge is 2.56. The lowest BCUT2D eigenvalue weighted by Crippen LogP contribution is -2.41. The van der Waals surface area contributed by atoms with E-state index in [1.54, 1.807) is 44.2 Å². The van der Waals surface area contributed by atoms with Crippen molar-refractivity contribution in [2.24, 2.45) is 0 Å². The van der Waals surface area contributed by atoms with Crippen molar-refractivity contribution in [2.45, 2.75) is 70.9 Å². The number of halogens is 1. The molecule has 1 aliphatic rings. The maximum Gasteiger partial charge on any atom is 0.459 e. The number of esters is 1. The van der Waals surface area contributed by atoms with Gasteiger partial charge in [-0.15, -0.1) is 0 Å². The van der Waals surface area contributed by atoms with Crippen molar-refractivity contribution in [1.82, 2.24) is 24.6 Å². The van der Waals surface area contributed by atoms with E-state index in [0.717, 1.165) is 6.92 Å². The Morgan fingerprint density at radius 2 is 2.00 bits per heavy atom. The molecule has 5 N–H and O–H groups in total. The van der Waals surface area contributed by atoms with E-state index in [9.17, 15) is 14.5 Å². The van der Waals surface area contributed by atoms with Crippen molar-refractivity contribution in [1.29, 1.82) is 0 Å². The van der Waals surface area contributed by atoms with Crippen LogP contribution in [0.15, 0.2) is 36.7 Å². The van der Waals surface area contributed by atoms with Crippen molar-refractivity contribution < 1.29 is 37.4 Å². The van der Waals surface area contributed by atoms with Crippen LogP contribution >= 0.6 is 7.75 Å². The molecule has 0 bridgehead atoms. The fraction of sp³-hybridized carbons (Fsp3) is 0.520. The summed E-state index contributed by atoms with van der Waals surface area (Å²) in [6.45, 7) is 7.78. The minimum Gasteiger partial charge on any atom is -0.462 e. The standard InChI is InChI=1S/C25H35FN7O7P/c1-6-28-20-18-21(31-24(27)30-20)33(13-29-18)23-25(5,26)19(34)17(39-23)12-37-41(36,40-16-10-8-7-9-11-16)32-15(4)22(35)38-14(2)3/h7-11,13-15,17,19,23,34H,6,12H2,1-5H3,(H,32,36)(H3,27,28,30,31)/t15?,17-,19-,23-,25-,41?/m1/s1. The molecule has 0 saturated carbocycles. The molecule has 14 nitrogen and oxygen atoms in total. The predicted molar refractivity (Wildman–Crippen MR) is 148 cm³/mol. The van der Waals surface area contributed by atoms with Gasteiger partial charge in [0.05, 0.1) is 19.0 Å². The molecule has 0 radical (unpaired) electrons. The van der Waals surface area contributed by atoms with Crippen LogP contribution in [0.1, 0.15) is 40.8 Å². The SMILES string of the molecule is CCNc1nc(N)nc2c1ncn2[C@@H]1O[C@H](COP(=O)(NC(C)C(=O)OC(C)C)Oc2ccccc2)[C@@H](O)[C@@]1(C)F. The molecule has 41 heavy (non-hydrogen) atoms. The summed E-state index contributed by atoms with van der Waals surface area (Å²) in [7, 11) is -4.28. The number of aromatic nitrogens is 4. The normalized spacial score (nSPS) is 24.7. The second-order valence-electron chi connectivity index (χ2n) is 9.94. The number of para-hydroxylation sites is 1. The fourth-order valence-corrected chi connectivity index (χ4v) is 5.75. The van der Waals surface area contributed by atoms with Crippen LogP contribution in [0.3, 0.4) is 0 Å². The summed E-state index contributed by atoms with van der Waals surface area (Å²) in [5.41, 5.74) is 4.03. The number of benzene rings is 1. The zero-order valence-electron chi connectivity index (χ0n) is 23.4. The highest BCUT2D eigenvalue weighted by atomic mass is 31.2. The van der Waals surface area contributed by atoms with Gasteiger partial charge in [-0.2, -0.15) is 15.1 Å². The number of rotatable bonds is 12. The third-order valence-electron chi connectivity index (χ3n) is 6.19. The van der Waals surface area contributed by atoms with Gasteiger partial charge >= 0.3 is 13.7 Å². The first-order valence-corrected chi connectivity index (χ1v) is 14.6. The molecule has 0 aliphatic carbocycles. The highest BCUT2D eigenvalue weighted by molar-refractivity contribution is 7.52. The summed E-state index contributed by atoms with van der Waals surface area (Å²) < 4.78 is 53.4. The lowest BCUT2D eigenvalue weighted by Gasteiger charge is -2.25. The number of nitrogen functional groups attached to an aromatic ring is 1. The summed E-state index contributed by atoms with van der Waals surface area (Å²) in [6, 6.07) is 7.06. The van der Waals surface area contributed by atoms with Crippen molar-refractivity contribution in [2.75, 3.05) is 24.2 Å². The third kappa shape index (κ3) is 6.76. The molecule has 16 heteroatoms. The first kappa shape index (κ1) is 30.6. The maximum atomic E-state index is 16.0. The van der Waals surface area contributed by atoms with Crippen LogP contribution in [-0.4, -0.2) is 73.8 Å². The topological polar surface area (TPSA) is 185 Å². The largest absolute Gasteiger partial charge is 0.462 e. The van der Waals surface area contributed by atoms with Gasteiger partial charge in [0, 0.05) is 6.54 Å². The van der Waals surface area contributed by atoms with Crippen molar-refractivity contribution in [3.05, 3.63) is 36.7 Å². The first-order chi connectivity index (χ1) is 19.3. The Morgan fingerprint density at radius 1 is 1.29 bits per heavy atom. The molecule has 2 unspecified atom stereocenters. The molecule has 1 aromatic carbocycles. The molecule has 0 amide bonds. The molecule has 224 valence electrons. The van der Waals surface area contributed by atoms with Gasteiger partial charge in [-0.25, -0.2) is 13.9 Å². The molecular formula is C25H35FN7O7P. The van der Waals surface area contributed by atoms with Gasteiger partial charge < -0.3 is 30.2 Å². The molecule has 3 aromatic rings. The zero-order valence-corrected chi connectivity index (χ0v) is 24.2. The van der Waals surface area contributed by atoms with Crippen LogP contribution in [0.2, 0.25) is 0 Å². The van der Waals surface area contributed by atoms with Crippen LogP contribution in [0.4, 0.5) is 16.2 Å². The number of nitrogens with two attached hydrogens (primary N) is 1. The van der Waals surface area contributed by atoms with Crippen LogP contribution in [0, 0.1) is 0 Å². The number of aliphatic hydroxyl groups excluding tert-OH is 1. The third-order valence-corrected chi connectivity index (χ3v) is 7.83. The van der Waals surface area contributed by atoms with Gasteiger partial charge in [-0.1, -0.05) is 18.2 Å². The van der Waals surface area contributed by atoms with E-state index in [1.165, 1.54) is 17.8 Å². The average molecular weight is 596 g/mol. The van der Waals surface area contributed by atoms with Crippen LogP contribution in [0.25, 0.3) is 11.2 Å². The Morgan fingerprint density at radius 3 is 2.66 bits per heavy atom. The summed E-state index contributed by atoms with van der Waals surface area (Å²) in [6.07, 6.45) is -3.51. The molecule has 4 rings (SSSR count). The van der Waals surface area contributed by atoms with E-state index in [2.05, 4.69) is 25.4 Å². The molecule has 1 fully saturated rings. The molecule has 3 heterocycles. The number of carbonyl (C=O) groups excluding carboxylic acids is 1. The Labute approximate surface area is 236 Å². The van der Waals surface area contributed by atoms with Gasteiger partial charge in [-0.05, 0) is 46.8 Å². The highest BCUT2D eigenvalue weighted by Crippen LogP contribution is 2.48. The number of aliphatic hydroxyl groups is 1. The summed E-state index contributed by atoms with van der Waals surface area (Å²) >= 11 is 0. The molecule has 0 spiro atoms. The number of carbonyl (C=O) groups is 1. The monoisotopic (exact) mass is 595 g/mol. The number of hydrogen-bond acceptors (Lipinski definition) is 12. The average Bonchev–Trinajstić information content (AvgIpc) is 3.41. The van der Waals surface area contributed by atoms with E-state index in [0.29, 0.717) is 17.9 Å². The van der Waals surface area contributed by atoms with E-state index in [-0.39, 0.29) is 17.3 Å². The molecule has 1 saturated heterocycles. The summed E-state index contributed by atoms with van der Waals surface area (Å²) in [5, 5.41) is 16.5. The van der Waals surface area contributed by atoms with Crippen LogP contribution in [-0.2, 0) is 23.4 Å². The second kappa shape index (κ2) is 12.2. The Hall–Kier alpha value is -3.36. The molecule has 1 aliphatic heterocycles. The summed E-state index contributed by atoms with van der Waals surface area (Å²) in [5.74, 6) is -0.195. The Bertz CT molecular complexity index is 1410. The molecule has 2 aromatic heterocycles. The molecular weight excluding hydrogens is 560 g/mol. The van der Waals surface area contributed by atoms with E-state index in [4.69, 9.17) is 24.3 Å². The lowest BCUT2D eigenvalue weighted by molar-refractivity contribution is -0.149. The summed E-state index contributed by atoms with van der Waals surface area (Å²) in [4.78, 5) is 25.0. The number of fused-ring (bicyclic) bond motifs is 1. The number of nitrogens with one attached hydrogen (secondary N) is 2. The number of anilines is 2. The Kier molecular flexibility index (Phi) is 9.14. The van der Waals surface area contributed by atoms with Crippen LogP contribution < -0.4 is 20.7 Å². The van der Waals surface area contributed by atoms with Gasteiger partial charge in [0.2, 0.25) is 5.95 Å². The van der Waals surface area contributed by atoms with Gasteiger partial charge in [-0.3, -0.25) is 13.9 Å². The smallest absolute Gasteiger partial charge is 0.459 e. The predicted octanol–water partition coefficient (Wildman–Crippen LogP) is 2.96.